The van der Waals surface area contributed by atoms with Crippen molar-refractivity contribution < 1.29 is 19.1 Å². The lowest BCUT2D eigenvalue weighted by Crippen LogP contribution is -2.55. The van der Waals surface area contributed by atoms with Crippen LogP contribution in [0.2, 0.25) is 5.02 Å². The molecule has 3 heterocycles. The maximum absolute atomic E-state index is 12.7. The van der Waals surface area contributed by atoms with E-state index in [0.717, 1.165) is 16.4 Å². The van der Waals surface area contributed by atoms with Crippen LogP contribution >= 0.6 is 22.9 Å². The van der Waals surface area contributed by atoms with E-state index in [2.05, 4.69) is 20.2 Å². The summed E-state index contributed by atoms with van der Waals surface area (Å²) in [5, 5.41) is 4.36. The van der Waals surface area contributed by atoms with Gasteiger partial charge < -0.3 is 24.7 Å². The van der Waals surface area contributed by atoms with E-state index in [-0.39, 0.29) is 18.1 Å². The van der Waals surface area contributed by atoms with Crippen molar-refractivity contribution in [2.45, 2.75) is 32.4 Å². The summed E-state index contributed by atoms with van der Waals surface area (Å²) < 4.78 is 10.3. The molecule has 28 heavy (non-hydrogen) atoms. The molecule has 2 aromatic heterocycles. The Balaban J connectivity index is 1.67. The molecule has 0 spiro atoms. The van der Waals surface area contributed by atoms with E-state index in [1.54, 1.807) is 7.11 Å². The number of hydrogen-bond acceptors (Lipinski definition) is 7. The number of piperidine rings is 1. The van der Waals surface area contributed by atoms with Gasteiger partial charge in [0.25, 0.3) is 5.91 Å². The fourth-order valence-electron chi connectivity index (χ4n) is 3.30. The number of rotatable bonds is 5. The Morgan fingerprint density at radius 3 is 2.75 bits per heavy atom. The lowest BCUT2D eigenvalue weighted by molar-refractivity contribution is 0.0540. The normalized spacial score (nSPS) is 19.5. The lowest BCUT2D eigenvalue weighted by Gasteiger charge is -2.37. The summed E-state index contributed by atoms with van der Waals surface area (Å²) in [5.41, 5.74) is 1.98. The van der Waals surface area contributed by atoms with Crippen molar-refractivity contribution in [3.05, 3.63) is 33.0 Å². The number of ether oxygens (including phenoxy) is 2. The molecule has 1 aliphatic heterocycles. The third kappa shape index (κ3) is 4.01. The van der Waals surface area contributed by atoms with Gasteiger partial charge in [0.15, 0.2) is 5.13 Å². The average Bonchev–Trinajstić information content (AvgIpc) is 3.29. The maximum Gasteiger partial charge on any atom is 0.349 e. The van der Waals surface area contributed by atoms with Gasteiger partial charge in [-0.2, -0.15) is 0 Å². The van der Waals surface area contributed by atoms with E-state index in [9.17, 15) is 9.59 Å². The van der Waals surface area contributed by atoms with Crippen LogP contribution < -0.4 is 10.2 Å². The van der Waals surface area contributed by atoms with Gasteiger partial charge in [0.2, 0.25) is 0 Å². The second kappa shape index (κ2) is 8.50. The average molecular weight is 427 g/mol. The molecule has 3 rings (SSSR count). The number of aromatic nitrogens is 2. The molecule has 2 unspecified atom stereocenters. The van der Waals surface area contributed by atoms with E-state index in [4.69, 9.17) is 21.1 Å². The third-order valence-corrected chi connectivity index (χ3v) is 6.51. The first-order valence-corrected chi connectivity index (χ1v) is 10.0. The Morgan fingerprint density at radius 1 is 1.39 bits per heavy atom. The predicted molar refractivity (Wildman–Crippen MR) is 108 cm³/mol. The Hall–Kier alpha value is -2.10. The molecule has 10 heteroatoms. The molecule has 0 saturated carbocycles. The number of anilines is 1. The largest absolute Gasteiger partial charge is 0.465 e. The Morgan fingerprint density at radius 2 is 2.14 bits per heavy atom. The monoisotopic (exact) mass is 426 g/mol. The number of esters is 1. The molecular weight excluding hydrogens is 404 g/mol. The van der Waals surface area contributed by atoms with Gasteiger partial charge in [-0.1, -0.05) is 22.9 Å². The minimum Gasteiger partial charge on any atom is -0.465 e. The standard InChI is InChI=1S/C18H23ClN4O4S/c1-9-14(19)10(2)21-15(9)16(24)22-11-5-6-23(8-12(11)26-3)18-20-7-13(28-18)17(25)27-4/h7,11-12,21H,5-6,8H2,1-4H3,(H,22,24). The van der Waals surface area contributed by atoms with E-state index < -0.39 is 5.97 Å². The van der Waals surface area contributed by atoms with Crippen LogP contribution in [0.4, 0.5) is 5.13 Å². The van der Waals surface area contributed by atoms with Crippen molar-refractivity contribution in [1.29, 1.82) is 0 Å². The number of hydrogen-bond donors (Lipinski definition) is 2. The highest BCUT2D eigenvalue weighted by molar-refractivity contribution is 7.17. The molecule has 152 valence electrons. The zero-order valence-corrected chi connectivity index (χ0v) is 17.7. The summed E-state index contributed by atoms with van der Waals surface area (Å²) in [6, 6.07) is -0.143. The zero-order valence-electron chi connectivity index (χ0n) is 16.2. The van der Waals surface area contributed by atoms with Gasteiger partial charge in [-0.3, -0.25) is 4.79 Å². The number of thiazole rings is 1. The quantitative estimate of drug-likeness (QED) is 0.713. The fourth-order valence-corrected chi connectivity index (χ4v) is 4.31. The molecule has 0 bridgehead atoms. The molecular formula is C18H23ClN4O4S. The number of halogens is 1. The molecule has 2 N–H and O–H groups in total. The summed E-state index contributed by atoms with van der Waals surface area (Å²) >= 11 is 7.46. The molecule has 1 fully saturated rings. The molecule has 1 aliphatic rings. The Labute approximate surface area is 172 Å². The number of H-pyrrole nitrogens is 1. The first-order chi connectivity index (χ1) is 13.3. The predicted octanol–water partition coefficient (Wildman–Crippen LogP) is 2.55. The van der Waals surface area contributed by atoms with Gasteiger partial charge in [0.05, 0.1) is 30.5 Å². The summed E-state index contributed by atoms with van der Waals surface area (Å²) in [6.07, 6.45) is 1.99. The molecule has 2 atom stereocenters. The summed E-state index contributed by atoms with van der Waals surface area (Å²) in [7, 11) is 2.97. The van der Waals surface area contributed by atoms with Gasteiger partial charge in [-0.05, 0) is 25.8 Å². The maximum atomic E-state index is 12.7. The van der Waals surface area contributed by atoms with Crippen LogP contribution in [-0.4, -0.2) is 61.3 Å². The minimum absolute atomic E-state index is 0.143. The van der Waals surface area contributed by atoms with Crippen molar-refractivity contribution in [3.63, 3.8) is 0 Å². The fraction of sp³-hybridized carbons (Fsp3) is 0.500. The van der Waals surface area contributed by atoms with Gasteiger partial charge in [-0.25, -0.2) is 9.78 Å². The summed E-state index contributed by atoms with van der Waals surface area (Å²) in [6.45, 7) is 4.89. The third-order valence-electron chi connectivity index (χ3n) is 4.90. The van der Waals surface area contributed by atoms with Crippen LogP contribution in [0.5, 0.6) is 0 Å². The highest BCUT2D eigenvalue weighted by Gasteiger charge is 2.33. The lowest BCUT2D eigenvalue weighted by atomic mass is 10.0. The van der Waals surface area contributed by atoms with Crippen molar-refractivity contribution in [3.8, 4) is 0 Å². The van der Waals surface area contributed by atoms with Crippen molar-refractivity contribution >= 4 is 39.9 Å². The highest BCUT2D eigenvalue weighted by atomic mass is 35.5. The molecule has 2 aromatic rings. The van der Waals surface area contributed by atoms with Crippen molar-refractivity contribution in [2.75, 3.05) is 32.2 Å². The van der Waals surface area contributed by atoms with Crippen molar-refractivity contribution in [1.82, 2.24) is 15.3 Å². The number of amides is 1. The molecule has 0 radical (unpaired) electrons. The number of carbonyl (C=O) groups is 2. The van der Waals surface area contributed by atoms with E-state index >= 15 is 0 Å². The van der Waals surface area contributed by atoms with Crippen LogP contribution in [0, 0.1) is 13.8 Å². The molecule has 0 aliphatic carbocycles. The van der Waals surface area contributed by atoms with Crippen molar-refractivity contribution in [2.24, 2.45) is 0 Å². The van der Waals surface area contributed by atoms with Crippen LogP contribution in [0.15, 0.2) is 6.20 Å². The van der Waals surface area contributed by atoms with E-state index in [1.165, 1.54) is 24.6 Å². The number of aryl methyl sites for hydroxylation is 1. The smallest absolute Gasteiger partial charge is 0.349 e. The topological polar surface area (TPSA) is 96.5 Å². The van der Waals surface area contributed by atoms with E-state index in [0.29, 0.717) is 35.1 Å². The number of nitrogens with one attached hydrogen (secondary N) is 2. The molecule has 0 aromatic carbocycles. The van der Waals surface area contributed by atoms with Crippen LogP contribution in [0.1, 0.15) is 37.8 Å². The second-order valence-electron chi connectivity index (χ2n) is 6.65. The van der Waals surface area contributed by atoms with Gasteiger partial charge in [0, 0.05) is 25.9 Å². The molecule has 1 saturated heterocycles. The van der Waals surface area contributed by atoms with Gasteiger partial charge in [0.1, 0.15) is 10.6 Å². The Bertz CT molecular complexity index is 881. The molecule has 1 amide bonds. The van der Waals surface area contributed by atoms with E-state index in [1.807, 2.05) is 13.8 Å². The van der Waals surface area contributed by atoms with Crippen LogP contribution in [0.3, 0.4) is 0 Å². The van der Waals surface area contributed by atoms with Crippen LogP contribution in [-0.2, 0) is 9.47 Å². The number of aromatic amines is 1. The SMILES string of the molecule is COC(=O)c1cnc(N2CCC(NC(=O)c3[nH]c(C)c(Cl)c3C)C(OC)C2)s1. The highest BCUT2D eigenvalue weighted by Crippen LogP contribution is 2.27. The Kier molecular flexibility index (Phi) is 6.26. The number of carbonyl (C=O) groups excluding carboxylic acids is 2. The first kappa shape index (κ1) is 20.6. The minimum atomic E-state index is -0.399. The second-order valence-corrected chi connectivity index (χ2v) is 8.04. The summed E-state index contributed by atoms with van der Waals surface area (Å²) in [4.78, 5) is 34.2. The molecule has 8 nitrogen and oxygen atoms in total. The van der Waals surface area contributed by atoms with Gasteiger partial charge >= 0.3 is 5.97 Å². The number of methoxy groups -OCH3 is 2. The zero-order chi connectivity index (χ0) is 20.4. The van der Waals surface area contributed by atoms with Gasteiger partial charge in [-0.15, -0.1) is 0 Å². The summed E-state index contributed by atoms with van der Waals surface area (Å²) in [5.74, 6) is -0.598. The first-order valence-electron chi connectivity index (χ1n) is 8.83. The number of nitrogens with zero attached hydrogens (tertiary/aromatic N) is 2. The van der Waals surface area contributed by atoms with Crippen LogP contribution in [0.25, 0.3) is 0 Å².